The van der Waals surface area contributed by atoms with Crippen LogP contribution in [0.25, 0.3) is 0 Å². The van der Waals surface area contributed by atoms with Crippen molar-refractivity contribution in [3.63, 3.8) is 0 Å². The molecule has 0 radical (unpaired) electrons. The summed E-state index contributed by atoms with van der Waals surface area (Å²) in [7, 11) is 0. The maximum Gasteiger partial charge on any atom is 0.398 e. The van der Waals surface area contributed by atoms with E-state index in [1.54, 1.807) is 0 Å². The third-order valence-electron chi connectivity index (χ3n) is 1.70. The summed E-state index contributed by atoms with van der Waals surface area (Å²) < 4.78 is 36.1. The molecule has 64 valence electrons. The van der Waals surface area contributed by atoms with Gasteiger partial charge in [0.2, 0.25) is 0 Å². The Morgan fingerprint density at radius 2 is 2.09 bits per heavy atom. The van der Waals surface area contributed by atoms with Crippen LogP contribution in [0.1, 0.15) is 12.8 Å². The average molecular weight is 166 g/mol. The predicted molar refractivity (Wildman–Crippen MR) is 35.3 cm³/mol. The van der Waals surface area contributed by atoms with Crippen molar-refractivity contribution in [2.75, 3.05) is 6.54 Å². The minimum atomic E-state index is -4.21. The van der Waals surface area contributed by atoms with E-state index >= 15 is 0 Å². The SMILES string of the molecule is NC1=NCCCC1C(F)(F)F. The van der Waals surface area contributed by atoms with E-state index in [1.807, 2.05) is 0 Å². The van der Waals surface area contributed by atoms with Crippen molar-refractivity contribution in [2.45, 2.75) is 19.0 Å². The Hall–Kier alpha value is -0.740. The van der Waals surface area contributed by atoms with Crippen molar-refractivity contribution in [3.05, 3.63) is 0 Å². The van der Waals surface area contributed by atoms with E-state index in [0.717, 1.165) is 0 Å². The lowest BCUT2D eigenvalue weighted by Crippen LogP contribution is -2.38. The molecule has 0 aromatic rings. The van der Waals surface area contributed by atoms with Crippen molar-refractivity contribution in [1.29, 1.82) is 0 Å². The molecule has 0 bridgehead atoms. The molecule has 0 fully saturated rings. The van der Waals surface area contributed by atoms with Crippen LogP contribution in [0.2, 0.25) is 0 Å². The van der Waals surface area contributed by atoms with Crippen LogP contribution in [0.15, 0.2) is 4.99 Å². The topological polar surface area (TPSA) is 38.4 Å². The van der Waals surface area contributed by atoms with Crippen LogP contribution < -0.4 is 5.73 Å². The number of nitrogens with zero attached hydrogens (tertiary/aromatic N) is 1. The van der Waals surface area contributed by atoms with Crippen molar-refractivity contribution in [3.8, 4) is 0 Å². The highest BCUT2D eigenvalue weighted by molar-refractivity contribution is 5.84. The quantitative estimate of drug-likeness (QED) is 0.579. The van der Waals surface area contributed by atoms with Crippen molar-refractivity contribution < 1.29 is 13.2 Å². The molecule has 11 heavy (non-hydrogen) atoms. The number of aliphatic imine (C=N–C) groups is 1. The number of nitrogens with two attached hydrogens (primary N) is 1. The van der Waals surface area contributed by atoms with Gasteiger partial charge in [0.1, 0.15) is 11.8 Å². The van der Waals surface area contributed by atoms with E-state index in [2.05, 4.69) is 4.99 Å². The van der Waals surface area contributed by atoms with Gasteiger partial charge in [0.05, 0.1) is 0 Å². The molecule has 0 amide bonds. The van der Waals surface area contributed by atoms with Gasteiger partial charge in [-0.15, -0.1) is 0 Å². The molecule has 2 N–H and O–H groups in total. The normalized spacial score (nSPS) is 26.5. The Labute approximate surface area is 62.3 Å². The minimum absolute atomic E-state index is 0.0822. The Bertz CT molecular complexity index is 173. The van der Waals surface area contributed by atoms with Gasteiger partial charge in [-0.3, -0.25) is 4.99 Å². The molecule has 0 aromatic heterocycles. The van der Waals surface area contributed by atoms with E-state index in [-0.39, 0.29) is 12.3 Å². The number of hydrogen-bond donors (Lipinski definition) is 1. The molecule has 0 saturated carbocycles. The zero-order chi connectivity index (χ0) is 8.48. The van der Waals surface area contributed by atoms with Gasteiger partial charge in [-0.05, 0) is 12.8 Å². The molecule has 1 aliphatic heterocycles. The van der Waals surface area contributed by atoms with E-state index in [1.165, 1.54) is 0 Å². The minimum Gasteiger partial charge on any atom is -0.387 e. The zero-order valence-corrected chi connectivity index (χ0v) is 5.86. The molecule has 1 unspecified atom stereocenters. The largest absolute Gasteiger partial charge is 0.398 e. The van der Waals surface area contributed by atoms with E-state index in [9.17, 15) is 13.2 Å². The second-order valence-electron chi connectivity index (χ2n) is 2.54. The number of alkyl halides is 3. The smallest absolute Gasteiger partial charge is 0.387 e. The zero-order valence-electron chi connectivity index (χ0n) is 5.86. The molecule has 1 atom stereocenters. The highest BCUT2D eigenvalue weighted by Crippen LogP contribution is 2.31. The van der Waals surface area contributed by atoms with Crippen LogP contribution in [-0.2, 0) is 0 Å². The number of rotatable bonds is 0. The van der Waals surface area contributed by atoms with Crippen LogP contribution in [0.3, 0.4) is 0 Å². The molecular weight excluding hydrogens is 157 g/mol. The first-order chi connectivity index (χ1) is 5.02. The number of amidine groups is 1. The Morgan fingerprint density at radius 3 is 2.45 bits per heavy atom. The third kappa shape index (κ3) is 1.85. The summed E-state index contributed by atoms with van der Waals surface area (Å²) in [6, 6.07) is 0. The maximum atomic E-state index is 12.0. The van der Waals surface area contributed by atoms with Crippen LogP contribution in [-0.4, -0.2) is 18.6 Å². The van der Waals surface area contributed by atoms with Crippen molar-refractivity contribution in [2.24, 2.45) is 16.6 Å². The molecule has 0 saturated heterocycles. The first kappa shape index (κ1) is 8.36. The van der Waals surface area contributed by atoms with Crippen LogP contribution in [0, 0.1) is 5.92 Å². The molecule has 1 heterocycles. The summed E-state index contributed by atoms with van der Waals surface area (Å²) in [5.74, 6) is -1.76. The Morgan fingerprint density at radius 1 is 1.45 bits per heavy atom. The van der Waals surface area contributed by atoms with E-state index in [4.69, 9.17) is 5.73 Å². The molecule has 5 heteroatoms. The summed E-state index contributed by atoms with van der Waals surface area (Å²) >= 11 is 0. The van der Waals surface area contributed by atoms with Gasteiger partial charge in [-0.2, -0.15) is 13.2 Å². The third-order valence-corrected chi connectivity index (χ3v) is 1.70. The number of halogens is 3. The first-order valence-corrected chi connectivity index (χ1v) is 3.38. The summed E-state index contributed by atoms with van der Waals surface area (Å²) in [5, 5.41) is 0. The monoisotopic (exact) mass is 166 g/mol. The van der Waals surface area contributed by atoms with Gasteiger partial charge >= 0.3 is 6.18 Å². The fraction of sp³-hybridized carbons (Fsp3) is 0.833. The highest BCUT2D eigenvalue weighted by atomic mass is 19.4. The number of hydrogen-bond acceptors (Lipinski definition) is 2. The Kier molecular flexibility index (Phi) is 2.06. The fourth-order valence-corrected chi connectivity index (χ4v) is 1.09. The summed E-state index contributed by atoms with van der Waals surface area (Å²) in [6.45, 7) is 0.429. The Balaban J connectivity index is 2.71. The second kappa shape index (κ2) is 2.71. The van der Waals surface area contributed by atoms with Gasteiger partial charge < -0.3 is 5.73 Å². The van der Waals surface area contributed by atoms with Gasteiger partial charge in [0, 0.05) is 6.54 Å². The lowest BCUT2D eigenvalue weighted by atomic mass is 9.99. The molecular formula is C6H9F3N2. The van der Waals surface area contributed by atoms with E-state index in [0.29, 0.717) is 13.0 Å². The van der Waals surface area contributed by atoms with Crippen LogP contribution in [0.4, 0.5) is 13.2 Å². The summed E-state index contributed by atoms with van der Waals surface area (Å²) in [4.78, 5) is 3.55. The maximum absolute atomic E-state index is 12.0. The molecule has 0 spiro atoms. The van der Waals surface area contributed by atoms with Gasteiger partial charge in [0.15, 0.2) is 0 Å². The van der Waals surface area contributed by atoms with Crippen LogP contribution >= 0.6 is 0 Å². The summed E-state index contributed by atoms with van der Waals surface area (Å²) in [6.07, 6.45) is -3.66. The molecule has 0 aromatic carbocycles. The standard InChI is InChI=1S/C6H9F3N2/c7-6(8,9)4-2-1-3-11-5(4)10/h4H,1-3H2,(H2,10,11). The first-order valence-electron chi connectivity index (χ1n) is 3.38. The van der Waals surface area contributed by atoms with Crippen molar-refractivity contribution >= 4 is 5.84 Å². The lowest BCUT2D eigenvalue weighted by Gasteiger charge is -2.22. The molecule has 1 aliphatic rings. The molecule has 2 nitrogen and oxygen atoms in total. The highest BCUT2D eigenvalue weighted by Gasteiger charge is 2.42. The predicted octanol–water partition coefficient (Wildman–Crippen LogP) is 1.32. The second-order valence-corrected chi connectivity index (χ2v) is 2.54. The fourth-order valence-electron chi connectivity index (χ4n) is 1.09. The molecule has 1 rings (SSSR count). The van der Waals surface area contributed by atoms with Gasteiger partial charge in [-0.1, -0.05) is 0 Å². The van der Waals surface area contributed by atoms with E-state index < -0.39 is 12.1 Å². The van der Waals surface area contributed by atoms with Gasteiger partial charge in [-0.25, -0.2) is 0 Å². The van der Waals surface area contributed by atoms with Crippen molar-refractivity contribution in [1.82, 2.24) is 0 Å². The summed E-state index contributed by atoms with van der Waals surface area (Å²) in [5.41, 5.74) is 5.10. The lowest BCUT2D eigenvalue weighted by molar-refractivity contribution is -0.158. The van der Waals surface area contributed by atoms with Crippen LogP contribution in [0.5, 0.6) is 0 Å². The van der Waals surface area contributed by atoms with Gasteiger partial charge in [0.25, 0.3) is 0 Å². The average Bonchev–Trinajstić information content (AvgIpc) is 1.86. The molecule has 0 aliphatic carbocycles.